The molecule has 0 atom stereocenters. The fourth-order valence-electron chi connectivity index (χ4n) is 2.76. The lowest BCUT2D eigenvalue weighted by Gasteiger charge is -2.36. The molecule has 0 saturated carbocycles. The van der Waals surface area contributed by atoms with Crippen molar-refractivity contribution in [1.29, 1.82) is 0 Å². The van der Waals surface area contributed by atoms with Crippen molar-refractivity contribution in [2.24, 2.45) is 5.41 Å². The topological polar surface area (TPSA) is 58.4 Å². The molecule has 1 aromatic heterocycles. The van der Waals surface area contributed by atoms with Crippen molar-refractivity contribution in [3.05, 3.63) is 17.0 Å². The summed E-state index contributed by atoms with van der Waals surface area (Å²) in [7, 11) is 0. The van der Waals surface area contributed by atoms with E-state index in [-0.39, 0.29) is 11.3 Å². The van der Waals surface area contributed by atoms with Gasteiger partial charge in [0.2, 0.25) is 5.91 Å². The Morgan fingerprint density at radius 3 is 2.43 bits per heavy atom. The lowest BCUT2D eigenvalue weighted by Crippen LogP contribution is -2.48. The normalized spacial score (nSPS) is 17.3. The van der Waals surface area contributed by atoms with Gasteiger partial charge < -0.3 is 14.7 Å². The van der Waals surface area contributed by atoms with Crippen LogP contribution in [0.15, 0.2) is 4.52 Å². The lowest BCUT2D eigenvalue weighted by atomic mass is 9.93. The minimum Gasteiger partial charge on any atom is -0.361 e. The number of nitrogens with zero attached hydrogens (tertiary/aromatic N) is 2. The van der Waals surface area contributed by atoms with E-state index in [1.807, 2.05) is 39.5 Å². The quantitative estimate of drug-likeness (QED) is 0.930. The highest BCUT2D eigenvalue weighted by atomic mass is 16.5. The molecule has 1 aliphatic heterocycles. The van der Waals surface area contributed by atoms with E-state index in [4.69, 9.17) is 4.52 Å². The second-order valence-corrected chi connectivity index (χ2v) is 7.00. The van der Waals surface area contributed by atoms with Crippen molar-refractivity contribution < 1.29 is 9.32 Å². The highest BCUT2D eigenvalue weighted by Gasteiger charge is 2.30. The molecule has 118 valence electrons. The van der Waals surface area contributed by atoms with Crippen LogP contribution < -0.4 is 5.32 Å². The van der Waals surface area contributed by atoms with Crippen LogP contribution in [0, 0.1) is 19.3 Å². The van der Waals surface area contributed by atoms with Crippen molar-refractivity contribution in [3.8, 4) is 0 Å². The summed E-state index contributed by atoms with van der Waals surface area (Å²) in [6.45, 7) is 12.3. The maximum absolute atomic E-state index is 12.2. The van der Waals surface area contributed by atoms with E-state index in [0.29, 0.717) is 6.04 Å². The van der Waals surface area contributed by atoms with E-state index in [1.54, 1.807) is 0 Å². The molecule has 2 heterocycles. The summed E-state index contributed by atoms with van der Waals surface area (Å²) >= 11 is 0. The molecular weight excluding hydrogens is 266 g/mol. The lowest BCUT2D eigenvalue weighted by molar-refractivity contribution is -0.140. The van der Waals surface area contributed by atoms with Crippen LogP contribution in [0.2, 0.25) is 0 Å². The Kier molecular flexibility index (Phi) is 4.71. The number of carbonyl (C=O) groups is 1. The zero-order valence-electron chi connectivity index (χ0n) is 13.8. The number of likely N-dealkylation sites (tertiary alicyclic amines) is 1. The maximum atomic E-state index is 12.2. The van der Waals surface area contributed by atoms with Crippen molar-refractivity contribution in [2.45, 2.75) is 60.0 Å². The maximum Gasteiger partial charge on any atom is 0.227 e. The number of carbonyl (C=O) groups excluding carboxylic acids is 1. The standard InChI is InChI=1S/C16H27N3O2/c1-11-14(12(2)21-18-11)10-17-13-6-8-19(9-7-13)15(20)16(3,4)5/h13,17H,6-10H2,1-5H3. The minimum absolute atomic E-state index is 0.256. The van der Waals surface area contributed by atoms with Crippen LogP contribution in [0.25, 0.3) is 0 Å². The van der Waals surface area contributed by atoms with E-state index < -0.39 is 0 Å². The van der Waals surface area contributed by atoms with Crippen LogP contribution >= 0.6 is 0 Å². The van der Waals surface area contributed by atoms with Gasteiger partial charge in [0, 0.05) is 36.7 Å². The molecule has 0 aliphatic carbocycles. The first-order valence-electron chi connectivity index (χ1n) is 7.73. The van der Waals surface area contributed by atoms with E-state index in [2.05, 4.69) is 10.5 Å². The Bertz CT molecular complexity index is 475. The SMILES string of the molecule is Cc1noc(C)c1CNC1CCN(C(=O)C(C)(C)C)CC1. The average molecular weight is 293 g/mol. The molecule has 5 heteroatoms. The fourth-order valence-corrected chi connectivity index (χ4v) is 2.76. The fraction of sp³-hybridized carbons (Fsp3) is 0.750. The van der Waals surface area contributed by atoms with E-state index in [9.17, 15) is 4.79 Å². The molecule has 5 nitrogen and oxygen atoms in total. The number of amides is 1. The molecule has 2 rings (SSSR count). The van der Waals surface area contributed by atoms with Crippen LogP contribution in [-0.4, -0.2) is 35.1 Å². The van der Waals surface area contributed by atoms with Gasteiger partial charge in [0.1, 0.15) is 5.76 Å². The number of nitrogens with one attached hydrogen (secondary N) is 1. The highest BCUT2D eigenvalue weighted by Crippen LogP contribution is 2.21. The van der Waals surface area contributed by atoms with Crippen LogP contribution in [0.4, 0.5) is 0 Å². The number of hydrogen-bond acceptors (Lipinski definition) is 4. The summed E-state index contributed by atoms with van der Waals surface area (Å²) < 4.78 is 5.18. The predicted octanol–water partition coefficient (Wildman–Crippen LogP) is 2.42. The summed E-state index contributed by atoms with van der Waals surface area (Å²) in [6, 6.07) is 0.461. The van der Waals surface area contributed by atoms with E-state index in [0.717, 1.165) is 49.5 Å². The van der Waals surface area contributed by atoms with Crippen molar-refractivity contribution in [3.63, 3.8) is 0 Å². The summed E-state index contributed by atoms with van der Waals surface area (Å²) in [6.07, 6.45) is 2.01. The molecule has 0 bridgehead atoms. The van der Waals surface area contributed by atoms with Gasteiger partial charge in [0.25, 0.3) is 0 Å². The van der Waals surface area contributed by atoms with Gasteiger partial charge in [0.05, 0.1) is 5.69 Å². The van der Waals surface area contributed by atoms with E-state index in [1.165, 1.54) is 0 Å². The Morgan fingerprint density at radius 1 is 1.33 bits per heavy atom. The van der Waals surface area contributed by atoms with Gasteiger partial charge in [-0.2, -0.15) is 0 Å². The van der Waals surface area contributed by atoms with Crippen molar-refractivity contribution >= 4 is 5.91 Å². The van der Waals surface area contributed by atoms with Crippen LogP contribution in [0.5, 0.6) is 0 Å². The van der Waals surface area contributed by atoms with Gasteiger partial charge in [-0.15, -0.1) is 0 Å². The number of hydrogen-bond donors (Lipinski definition) is 1. The largest absolute Gasteiger partial charge is 0.361 e. The van der Waals surface area contributed by atoms with Gasteiger partial charge in [-0.3, -0.25) is 4.79 Å². The van der Waals surface area contributed by atoms with Crippen LogP contribution in [0.3, 0.4) is 0 Å². The van der Waals surface area contributed by atoms with Gasteiger partial charge >= 0.3 is 0 Å². The molecule has 1 fully saturated rings. The van der Waals surface area contributed by atoms with Gasteiger partial charge in [0.15, 0.2) is 0 Å². The zero-order valence-corrected chi connectivity index (χ0v) is 13.8. The third-order valence-corrected chi connectivity index (χ3v) is 4.17. The number of rotatable bonds is 3. The summed E-state index contributed by atoms with van der Waals surface area (Å²) in [4.78, 5) is 14.2. The molecule has 1 aliphatic rings. The summed E-state index contributed by atoms with van der Waals surface area (Å²) in [5.74, 6) is 1.15. The molecule has 1 amide bonds. The number of aromatic nitrogens is 1. The Morgan fingerprint density at radius 2 is 1.95 bits per heavy atom. The molecule has 1 saturated heterocycles. The molecule has 21 heavy (non-hydrogen) atoms. The van der Waals surface area contributed by atoms with Crippen LogP contribution in [0.1, 0.15) is 50.6 Å². The first-order valence-corrected chi connectivity index (χ1v) is 7.73. The summed E-state index contributed by atoms with van der Waals surface area (Å²) in [5, 5.41) is 7.54. The molecule has 0 radical (unpaired) electrons. The zero-order chi connectivity index (χ0) is 15.6. The van der Waals surface area contributed by atoms with Crippen molar-refractivity contribution in [1.82, 2.24) is 15.4 Å². The van der Waals surface area contributed by atoms with Gasteiger partial charge in [-0.05, 0) is 26.7 Å². The van der Waals surface area contributed by atoms with Gasteiger partial charge in [-0.25, -0.2) is 0 Å². The average Bonchev–Trinajstić information content (AvgIpc) is 2.75. The molecule has 0 aromatic carbocycles. The van der Waals surface area contributed by atoms with E-state index >= 15 is 0 Å². The highest BCUT2D eigenvalue weighted by molar-refractivity contribution is 5.81. The third-order valence-electron chi connectivity index (χ3n) is 4.17. The first-order chi connectivity index (χ1) is 9.79. The monoisotopic (exact) mass is 293 g/mol. The number of aryl methyl sites for hydroxylation is 2. The molecule has 1 N–H and O–H groups in total. The summed E-state index contributed by atoms with van der Waals surface area (Å²) in [5.41, 5.74) is 1.83. The Labute approximate surface area is 127 Å². The first kappa shape index (κ1) is 16.0. The third kappa shape index (κ3) is 3.84. The smallest absolute Gasteiger partial charge is 0.227 e. The number of piperidine rings is 1. The second-order valence-electron chi connectivity index (χ2n) is 7.00. The minimum atomic E-state index is -0.281. The van der Waals surface area contributed by atoms with Crippen LogP contribution in [-0.2, 0) is 11.3 Å². The second kappa shape index (κ2) is 6.18. The molecule has 1 aromatic rings. The molecular formula is C16H27N3O2. The van der Waals surface area contributed by atoms with Gasteiger partial charge in [-0.1, -0.05) is 25.9 Å². The molecule has 0 spiro atoms. The molecule has 0 unspecified atom stereocenters. The Balaban J connectivity index is 1.81. The van der Waals surface area contributed by atoms with Crippen molar-refractivity contribution in [2.75, 3.05) is 13.1 Å². The Hall–Kier alpha value is -1.36. The predicted molar refractivity (Wildman–Crippen MR) is 81.9 cm³/mol.